The molecule has 6 heteroatoms. The summed E-state index contributed by atoms with van der Waals surface area (Å²) in [7, 11) is 0. The quantitative estimate of drug-likeness (QED) is 0.457. The van der Waals surface area contributed by atoms with Crippen LogP contribution >= 0.6 is 0 Å². The molecule has 31 heavy (non-hydrogen) atoms. The third kappa shape index (κ3) is 4.41. The number of aromatic nitrogens is 1. The van der Waals surface area contributed by atoms with E-state index in [1.54, 1.807) is 30.3 Å². The second-order valence-electron chi connectivity index (χ2n) is 7.41. The monoisotopic (exact) mass is 413 g/mol. The number of carbonyl (C=O) groups is 2. The van der Waals surface area contributed by atoms with Crippen molar-refractivity contribution in [1.29, 1.82) is 5.26 Å². The molecule has 0 spiro atoms. The fraction of sp³-hybridized carbons (Fsp3) is 0.160. The minimum absolute atomic E-state index is 0.0143. The summed E-state index contributed by atoms with van der Waals surface area (Å²) in [6.45, 7) is 7.56. The summed E-state index contributed by atoms with van der Waals surface area (Å²) in [4.78, 5) is 24.1. The Morgan fingerprint density at radius 2 is 1.74 bits per heavy atom. The summed E-state index contributed by atoms with van der Waals surface area (Å²) < 4.78 is 1.93. The lowest BCUT2D eigenvalue weighted by atomic mass is 10.1. The number of hydrogen-bond donors (Lipinski definition) is 2. The third-order valence-electron chi connectivity index (χ3n) is 5.23. The van der Waals surface area contributed by atoms with Crippen LogP contribution in [0.25, 0.3) is 11.8 Å². The van der Waals surface area contributed by atoms with Crippen LogP contribution in [0.5, 0.6) is 0 Å². The normalized spacial score (nSPS) is 11.1. The Labute approximate surface area is 181 Å². The van der Waals surface area contributed by atoms with Gasteiger partial charge in [0.15, 0.2) is 0 Å². The van der Waals surface area contributed by atoms with Gasteiger partial charge in [-0.25, -0.2) is 4.79 Å². The van der Waals surface area contributed by atoms with E-state index < -0.39 is 11.9 Å². The van der Waals surface area contributed by atoms with Crippen LogP contribution in [0, 0.1) is 39.0 Å². The van der Waals surface area contributed by atoms with Crippen molar-refractivity contribution in [2.45, 2.75) is 27.7 Å². The minimum Gasteiger partial charge on any atom is -0.478 e. The number of carboxylic acid groups (broad SMARTS) is 1. The van der Waals surface area contributed by atoms with Gasteiger partial charge in [-0.2, -0.15) is 5.26 Å². The summed E-state index contributed by atoms with van der Waals surface area (Å²) in [5, 5.41) is 21.7. The summed E-state index contributed by atoms with van der Waals surface area (Å²) >= 11 is 0. The van der Waals surface area contributed by atoms with Crippen molar-refractivity contribution in [2.24, 2.45) is 0 Å². The molecular formula is C25H23N3O3. The Morgan fingerprint density at radius 1 is 1.03 bits per heavy atom. The maximum atomic E-state index is 12.7. The molecule has 0 aliphatic heterocycles. The van der Waals surface area contributed by atoms with Gasteiger partial charge >= 0.3 is 5.97 Å². The molecule has 3 aromatic rings. The van der Waals surface area contributed by atoms with Crippen LogP contribution in [0.3, 0.4) is 0 Å². The molecule has 1 amide bonds. The number of rotatable bonds is 5. The van der Waals surface area contributed by atoms with Gasteiger partial charge < -0.3 is 15.0 Å². The molecule has 2 N–H and O–H groups in total. The second kappa shape index (κ2) is 8.72. The largest absolute Gasteiger partial charge is 0.478 e. The van der Waals surface area contributed by atoms with Crippen molar-refractivity contribution in [2.75, 3.05) is 5.32 Å². The van der Waals surface area contributed by atoms with Gasteiger partial charge in [0.2, 0.25) is 0 Å². The number of hydrogen-bond acceptors (Lipinski definition) is 3. The van der Waals surface area contributed by atoms with Gasteiger partial charge in [-0.3, -0.25) is 4.79 Å². The van der Waals surface area contributed by atoms with E-state index in [9.17, 15) is 20.0 Å². The number of aromatic carboxylic acids is 1. The summed E-state index contributed by atoms with van der Waals surface area (Å²) in [6.07, 6.45) is 1.56. The standard InChI is InChI=1S/C25H23N3O3/c1-15-7-5-6-8-22(15)27-24(29)21(14-26)12-20-11-17(3)28(18(20)4)23-13-19(25(30)31)10-9-16(23)2/h5-13H,1-4H3,(H,27,29)(H,30,31)/b21-12-. The van der Waals surface area contributed by atoms with E-state index in [0.717, 1.165) is 28.2 Å². The Balaban J connectivity index is 2.01. The molecule has 0 saturated heterocycles. The number of aryl methyl sites for hydroxylation is 3. The Hall–Kier alpha value is -4.11. The summed E-state index contributed by atoms with van der Waals surface area (Å²) in [5.41, 5.74) is 5.79. The van der Waals surface area contributed by atoms with Crippen molar-refractivity contribution in [3.05, 3.63) is 87.7 Å². The van der Waals surface area contributed by atoms with Crippen LogP contribution in [-0.4, -0.2) is 21.6 Å². The average Bonchev–Trinajstić information content (AvgIpc) is 3.01. The molecule has 0 bridgehead atoms. The van der Waals surface area contributed by atoms with Crippen molar-refractivity contribution < 1.29 is 14.7 Å². The van der Waals surface area contributed by atoms with Crippen LogP contribution in [0.15, 0.2) is 54.1 Å². The first-order valence-corrected chi connectivity index (χ1v) is 9.75. The number of carbonyl (C=O) groups excluding carboxylic acids is 1. The second-order valence-corrected chi connectivity index (χ2v) is 7.41. The third-order valence-corrected chi connectivity index (χ3v) is 5.23. The molecule has 0 radical (unpaired) electrons. The number of para-hydroxylation sites is 1. The lowest BCUT2D eigenvalue weighted by Crippen LogP contribution is -2.14. The highest BCUT2D eigenvalue weighted by Gasteiger charge is 2.16. The molecule has 1 aromatic heterocycles. The first-order chi connectivity index (χ1) is 14.7. The molecule has 1 heterocycles. The number of amides is 1. The van der Waals surface area contributed by atoms with Gasteiger partial charge in [-0.05, 0) is 74.7 Å². The topological polar surface area (TPSA) is 95.1 Å². The Kier molecular flexibility index (Phi) is 6.07. The molecule has 0 unspecified atom stereocenters. The van der Waals surface area contributed by atoms with E-state index in [1.807, 2.05) is 62.6 Å². The highest BCUT2D eigenvalue weighted by Crippen LogP contribution is 2.26. The summed E-state index contributed by atoms with van der Waals surface area (Å²) in [6, 6.07) is 16.2. The average molecular weight is 413 g/mol. The number of nitriles is 1. The molecule has 3 rings (SSSR count). The van der Waals surface area contributed by atoms with E-state index in [4.69, 9.17) is 0 Å². The number of nitrogens with one attached hydrogen (secondary N) is 1. The van der Waals surface area contributed by atoms with Crippen LogP contribution in [0.4, 0.5) is 5.69 Å². The maximum absolute atomic E-state index is 12.7. The zero-order valence-electron chi connectivity index (χ0n) is 17.9. The van der Waals surface area contributed by atoms with Gasteiger partial charge in [-0.1, -0.05) is 24.3 Å². The van der Waals surface area contributed by atoms with Crippen molar-refractivity contribution in [3.8, 4) is 11.8 Å². The zero-order valence-corrected chi connectivity index (χ0v) is 17.9. The fourth-order valence-corrected chi connectivity index (χ4v) is 3.49. The molecule has 0 atom stereocenters. The summed E-state index contributed by atoms with van der Waals surface area (Å²) in [5.74, 6) is -1.48. The smallest absolute Gasteiger partial charge is 0.335 e. The van der Waals surface area contributed by atoms with E-state index >= 15 is 0 Å². The van der Waals surface area contributed by atoms with Crippen LogP contribution in [-0.2, 0) is 4.79 Å². The number of nitrogens with zero attached hydrogens (tertiary/aromatic N) is 2. The molecule has 6 nitrogen and oxygen atoms in total. The Bertz CT molecular complexity index is 1260. The predicted molar refractivity (Wildman–Crippen MR) is 120 cm³/mol. The molecule has 2 aromatic carbocycles. The van der Waals surface area contributed by atoms with Gasteiger partial charge in [-0.15, -0.1) is 0 Å². The number of anilines is 1. The van der Waals surface area contributed by atoms with E-state index in [1.165, 1.54) is 0 Å². The first kappa shape index (κ1) is 21.6. The SMILES string of the molecule is Cc1ccccc1NC(=O)/C(C#N)=C\c1cc(C)n(-c2cc(C(=O)O)ccc2C)c1C. The molecule has 0 aliphatic rings. The van der Waals surface area contributed by atoms with E-state index in [-0.39, 0.29) is 11.1 Å². The molecular weight excluding hydrogens is 390 g/mol. The minimum atomic E-state index is -0.997. The van der Waals surface area contributed by atoms with Gasteiger partial charge in [0.1, 0.15) is 11.6 Å². The van der Waals surface area contributed by atoms with Crippen LogP contribution in [0.2, 0.25) is 0 Å². The van der Waals surface area contributed by atoms with Gasteiger partial charge in [0.25, 0.3) is 5.91 Å². The zero-order chi connectivity index (χ0) is 22.7. The van der Waals surface area contributed by atoms with E-state index in [0.29, 0.717) is 11.3 Å². The molecule has 0 saturated carbocycles. The lowest BCUT2D eigenvalue weighted by molar-refractivity contribution is -0.112. The van der Waals surface area contributed by atoms with Crippen LogP contribution in [0.1, 0.15) is 38.4 Å². The Morgan fingerprint density at radius 3 is 2.39 bits per heavy atom. The van der Waals surface area contributed by atoms with Crippen molar-refractivity contribution in [3.63, 3.8) is 0 Å². The molecule has 0 fully saturated rings. The molecule has 156 valence electrons. The lowest BCUT2D eigenvalue weighted by Gasteiger charge is -2.13. The van der Waals surface area contributed by atoms with Gasteiger partial charge in [0, 0.05) is 22.8 Å². The highest BCUT2D eigenvalue weighted by atomic mass is 16.4. The van der Waals surface area contributed by atoms with Gasteiger partial charge in [0.05, 0.1) is 5.56 Å². The highest BCUT2D eigenvalue weighted by molar-refractivity contribution is 6.10. The first-order valence-electron chi connectivity index (χ1n) is 9.75. The fourth-order valence-electron chi connectivity index (χ4n) is 3.49. The predicted octanol–water partition coefficient (Wildman–Crippen LogP) is 4.95. The van der Waals surface area contributed by atoms with E-state index in [2.05, 4.69) is 5.32 Å². The van der Waals surface area contributed by atoms with Crippen LogP contribution < -0.4 is 5.32 Å². The maximum Gasteiger partial charge on any atom is 0.335 e. The number of benzene rings is 2. The number of carboxylic acids is 1. The van der Waals surface area contributed by atoms with Crippen molar-refractivity contribution >= 4 is 23.6 Å². The van der Waals surface area contributed by atoms with Crippen molar-refractivity contribution in [1.82, 2.24) is 4.57 Å². The molecule has 0 aliphatic carbocycles.